The Kier molecular flexibility index (Phi) is 7.14. The highest BCUT2D eigenvalue weighted by Gasteiger charge is 2.60. The molecule has 0 bridgehead atoms. The van der Waals surface area contributed by atoms with Crippen LogP contribution in [0.3, 0.4) is 0 Å². The highest BCUT2D eigenvalue weighted by atomic mass is 35.5. The lowest BCUT2D eigenvalue weighted by Gasteiger charge is -2.46. The Hall–Kier alpha value is -1.82. The van der Waals surface area contributed by atoms with Gasteiger partial charge in [-0.25, -0.2) is 4.79 Å². The summed E-state index contributed by atoms with van der Waals surface area (Å²) in [4.78, 5) is 45.2. The van der Waals surface area contributed by atoms with Crippen LogP contribution in [0.25, 0.3) is 0 Å². The first-order valence-corrected chi connectivity index (χ1v) is 11.4. The van der Waals surface area contributed by atoms with Crippen molar-refractivity contribution in [3.63, 3.8) is 0 Å². The van der Waals surface area contributed by atoms with E-state index in [1.807, 2.05) is 6.92 Å². The number of nitrogens with one attached hydrogen (secondary N) is 1. The summed E-state index contributed by atoms with van der Waals surface area (Å²) in [6.07, 6.45) is -0.232. The number of carbonyl (C=O) groups excluding carboxylic acids is 2. The van der Waals surface area contributed by atoms with Crippen molar-refractivity contribution in [1.29, 1.82) is 0 Å². The fraction of sp³-hybridized carbons (Fsp3) is 0.700. The SMILES string of the molecule is CC(N)=NC1CN(C(=O)[C@@H]2C[C@H](SC3=C(C(=O)O)N4C(=O)[C@H](C(C)O)[C@H]4[C@H]3C)CN2)C1.Cl. The fourth-order valence-electron chi connectivity index (χ4n) is 5.06. The van der Waals surface area contributed by atoms with Crippen molar-refractivity contribution >= 4 is 47.8 Å². The van der Waals surface area contributed by atoms with Gasteiger partial charge in [0.05, 0.1) is 36.0 Å². The van der Waals surface area contributed by atoms with Gasteiger partial charge in [-0.05, 0) is 20.3 Å². The number of amidine groups is 1. The van der Waals surface area contributed by atoms with Gasteiger partial charge in [0.15, 0.2) is 0 Å². The predicted molar refractivity (Wildman–Crippen MR) is 122 cm³/mol. The Morgan fingerprint density at radius 3 is 2.56 bits per heavy atom. The molecule has 5 N–H and O–H groups in total. The number of β-lactam (4-membered cyclic amide) rings is 1. The summed E-state index contributed by atoms with van der Waals surface area (Å²) in [5.41, 5.74) is 5.62. The molecule has 178 valence electrons. The number of hydrogen-bond donors (Lipinski definition) is 4. The van der Waals surface area contributed by atoms with Gasteiger partial charge in [0, 0.05) is 35.7 Å². The minimum absolute atomic E-state index is 0. The number of carboxylic acid groups (broad SMARTS) is 1. The van der Waals surface area contributed by atoms with Crippen LogP contribution in [-0.2, 0) is 14.4 Å². The number of aliphatic hydroxyl groups is 1. The number of aliphatic carboxylic acids is 1. The minimum Gasteiger partial charge on any atom is -0.477 e. The first kappa shape index (κ1) is 24.8. The molecule has 12 heteroatoms. The normalized spacial score (nSPS) is 33.4. The zero-order valence-corrected chi connectivity index (χ0v) is 19.9. The zero-order chi connectivity index (χ0) is 22.6. The number of halogens is 1. The second kappa shape index (κ2) is 9.20. The number of carboxylic acids is 1. The molecule has 0 aliphatic carbocycles. The number of carbonyl (C=O) groups is 3. The van der Waals surface area contributed by atoms with Crippen molar-refractivity contribution in [3.8, 4) is 0 Å². The number of nitrogens with two attached hydrogens (primary N) is 1. The fourth-order valence-corrected chi connectivity index (χ4v) is 6.54. The van der Waals surface area contributed by atoms with E-state index in [4.69, 9.17) is 5.73 Å². The molecule has 4 aliphatic rings. The van der Waals surface area contributed by atoms with Crippen LogP contribution >= 0.6 is 24.2 Å². The molecule has 4 aliphatic heterocycles. The minimum atomic E-state index is -1.13. The smallest absolute Gasteiger partial charge is 0.353 e. The van der Waals surface area contributed by atoms with Gasteiger partial charge >= 0.3 is 5.97 Å². The van der Waals surface area contributed by atoms with Crippen molar-refractivity contribution < 1.29 is 24.6 Å². The van der Waals surface area contributed by atoms with Crippen molar-refractivity contribution in [2.75, 3.05) is 19.6 Å². The highest BCUT2D eigenvalue weighted by Crippen LogP contribution is 2.51. The average Bonchev–Trinajstić information content (AvgIpc) is 3.19. The Morgan fingerprint density at radius 1 is 1.34 bits per heavy atom. The van der Waals surface area contributed by atoms with Crippen molar-refractivity contribution in [2.24, 2.45) is 22.6 Å². The predicted octanol–water partition coefficient (Wildman–Crippen LogP) is -0.386. The van der Waals surface area contributed by atoms with Gasteiger partial charge < -0.3 is 31.1 Å². The molecular formula is C20H30ClN5O5S. The Bertz CT molecular complexity index is 870. The van der Waals surface area contributed by atoms with E-state index in [9.17, 15) is 24.6 Å². The van der Waals surface area contributed by atoms with Crippen LogP contribution in [-0.4, -0.2) is 92.7 Å². The van der Waals surface area contributed by atoms with Crippen LogP contribution < -0.4 is 11.1 Å². The molecule has 0 aromatic heterocycles. The second-order valence-electron chi connectivity index (χ2n) is 8.88. The average molecular weight is 488 g/mol. The molecular weight excluding hydrogens is 458 g/mol. The van der Waals surface area contributed by atoms with E-state index in [-0.39, 0.29) is 59.2 Å². The summed E-state index contributed by atoms with van der Waals surface area (Å²) >= 11 is 1.44. The number of likely N-dealkylation sites (tertiary alicyclic amines) is 1. The standard InChI is InChI=1S/C20H29N5O5S.ClH/c1-8-15-14(9(2)26)19(28)25(15)16(20(29)30)17(8)31-12-4-13(22-5-12)18(27)24-6-11(7-24)23-10(3)21;/h8-9,11-15,22,26H,4-7H2,1-3H3,(H2,21,23)(H,29,30);1H/t8-,9?,12+,13+,14-,15-;/m1./s1. The molecule has 0 aromatic carbocycles. The number of nitrogens with zero attached hydrogens (tertiary/aromatic N) is 3. The van der Waals surface area contributed by atoms with E-state index in [2.05, 4.69) is 10.3 Å². The lowest BCUT2D eigenvalue weighted by molar-refractivity contribution is -0.163. The van der Waals surface area contributed by atoms with Crippen molar-refractivity contribution in [1.82, 2.24) is 15.1 Å². The van der Waals surface area contributed by atoms with E-state index in [1.165, 1.54) is 16.7 Å². The molecule has 1 unspecified atom stereocenters. The molecule has 2 amide bonds. The van der Waals surface area contributed by atoms with Crippen LogP contribution in [0.2, 0.25) is 0 Å². The number of fused-ring (bicyclic) bond motifs is 1. The van der Waals surface area contributed by atoms with Gasteiger partial charge in [0.1, 0.15) is 5.70 Å². The highest BCUT2D eigenvalue weighted by molar-refractivity contribution is 8.03. The third-order valence-corrected chi connectivity index (χ3v) is 8.07. The summed E-state index contributed by atoms with van der Waals surface area (Å²) in [5, 5.41) is 23.0. The zero-order valence-electron chi connectivity index (χ0n) is 18.2. The maximum Gasteiger partial charge on any atom is 0.353 e. The lowest BCUT2D eigenvalue weighted by atomic mass is 9.79. The van der Waals surface area contributed by atoms with E-state index in [0.29, 0.717) is 36.8 Å². The summed E-state index contributed by atoms with van der Waals surface area (Å²) in [7, 11) is 0. The quantitative estimate of drug-likeness (QED) is 0.225. The van der Waals surface area contributed by atoms with Gasteiger partial charge in [-0.2, -0.15) is 0 Å². The lowest BCUT2D eigenvalue weighted by Crippen LogP contribution is -2.63. The van der Waals surface area contributed by atoms with Crippen LogP contribution in [0.5, 0.6) is 0 Å². The van der Waals surface area contributed by atoms with Crippen LogP contribution in [0.4, 0.5) is 0 Å². The number of aliphatic imine (C=N–C) groups is 1. The van der Waals surface area contributed by atoms with Gasteiger partial charge in [0.25, 0.3) is 0 Å². The number of rotatable bonds is 6. The van der Waals surface area contributed by atoms with Crippen molar-refractivity contribution in [3.05, 3.63) is 10.6 Å². The first-order valence-electron chi connectivity index (χ1n) is 10.6. The molecule has 4 rings (SSSR count). The van der Waals surface area contributed by atoms with Crippen LogP contribution in [0.15, 0.2) is 15.6 Å². The molecule has 4 heterocycles. The second-order valence-corrected chi connectivity index (χ2v) is 10.2. The summed E-state index contributed by atoms with van der Waals surface area (Å²) in [6, 6.07) is -0.569. The molecule has 32 heavy (non-hydrogen) atoms. The van der Waals surface area contributed by atoms with E-state index < -0.39 is 18.0 Å². The molecule has 0 spiro atoms. The van der Waals surface area contributed by atoms with Gasteiger partial charge in [0.2, 0.25) is 11.8 Å². The van der Waals surface area contributed by atoms with E-state index in [1.54, 1.807) is 18.7 Å². The Labute approximate surface area is 197 Å². The number of aliphatic hydroxyl groups excluding tert-OH is 1. The largest absolute Gasteiger partial charge is 0.477 e. The van der Waals surface area contributed by atoms with Gasteiger partial charge in [-0.1, -0.05) is 6.92 Å². The molecule has 3 saturated heterocycles. The molecule has 0 radical (unpaired) electrons. The third-order valence-electron chi connectivity index (χ3n) is 6.55. The number of thioether (sulfide) groups is 1. The Balaban J connectivity index is 0.00000289. The van der Waals surface area contributed by atoms with Crippen LogP contribution in [0, 0.1) is 11.8 Å². The van der Waals surface area contributed by atoms with Gasteiger partial charge in [-0.3, -0.25) is 14.6 Å². The van der Waals surface area contributed by atoms with Gasteiger partial charge in [-0.15, -0.1) is 24.2 Å². The third kappa shape index (κ3) is 4.11. The monoisotopic (exact) mass is 487 g/mol. The number of hydrogen-bond acceptors (Lipinski definition) is 7. The first-order chi connectivity index (χ1) is 14.6. The maximum absolute atomic E-state index is 12.7. The van der Waals surface area contributed by atoms with Crippen molar-refractivity contribution in [2.45, 2.75) is 56.7 Å². The van der Waals surface area contributed by atoms with E-state index in [0.717, 1.165) is 0 Å². The summed E-state index contributed by atoms with van der Waals surface area (Å²) in [5.74, 6) is -1.66. The summed E-state index contributed by atoms with van der Waals surface area (Å²) < 4.78 is 0. The number of amides is 2. The van der Waals surface area contributed by atoms with E-state index >= 15 is 0 Å². The molecule has 3 fully saturated rings. The molecule has 10 nitrogen and oxygen atoms in total. The summed E-state index contributed by atoms with van der Waals surface area (Å²) in [6.45, 7) is 6.91. The van der Waals surface area contributed by atoms with Crippen LogP contribution in [0.1, 0.15) is 27.2 Å². The maximum atomic E-state index is 12.7. The Morgan fingerprint density at radius 2 is 2.00 bits per heavy atom. The molecule has 6 atom stereocenters. The molecule has 0 saturated carbocycles. The topological polar surface area (TPSA) is 149 Å². The molecule has 0 aromatic rings.